The summed E-state index contributed by atoms with van der Waals surface area (Å²) in [6.07, 6.45) is 1.04. The van der Waals surface area contributed by atoms with Gasteiger partial charge in [0, 0.05) is 28.8 Å². The molecule has 5 rings (SSSR count). The van der Waals surface area contributed by atoms with E-state index in [1.807, 2.05) is 24.3 Å². The van der Waals surface area contributed by atoms with Crippen LogP contribution in [0.4, 0.5) is 0 Å². The number of rotatable bonds is 4. The maximum absolute atomic E-state index is 6.53. The quantitative estimate of drug-likeness (QED) is 0.481. The average Bonchev–Trinajstić information content (AvgIpc) is 3.23. The van der Waals surface area contributed by atoms with E-state index in [1.54, 1.807) is 0 Å². The third-order valence-corrected chi connectivity index (χ3v) is 5.42. The third kappa shape index (κ3) is 2.61. The van der Waals surface area contributed by atoms with E-state index in [0.717, 1.165) is 63.7 Å². The maximum Gasteiger partial charge on any atom is 0.231 e. The van der Waals surface area contributed by atoms with Crippen molar-refractivity contribution in [3.8, 4) is 11.5 Å². The Labute approximate surface area is 162 Å². The molecule has 6 heteroatoms. The highest BCUT2D eigenvalue weighted by molar-refractivity contribution is 6.36. The van der Waals surface area contributed by atoms with Crippen LogP contribution in [0.5, 0.6) is 11.5 Å². The molecule has 0 bridgehead atoms. The number of ether oxygens (including phenoxy) is 2. The zero-order valence-electron chi connectivity index (χ0n) is 15.3. The second-order valence-corrected chi connectivity index (χ2v) is 7.53. The summed E-state index contributed by atoms with van der Waals surface area (Å²) in [5.41, 5.74) is 3.14. The molecule has 2 aromatic heterocycles. The van der Waals surface area contributed by atoms with Crippen LogP contribution in [0.3, 0.4) is 0 Å². The number of aromatic nitrogens is 2. The molecule has 1 aliphatic heterocycles. The number of benzene rings is 2. The van der Waals surface area contributed by atoms with Crippen molar-refractivity contribution in [2.24, 2.45) is 0 Å². The molecule has 0 fully saturated rings. The summed E-state index contributed by atoms with van der Waals surface area (Å²) in [4.78, 5) is 6.96. The van der Waals surface area contributed by atoms with Crippen molar-refractivity contribution >= 4 is 44.3 Å². The van der Waals surface area contributed by atoms with Gasteiger partial charge in [-0.2, -0.15) is 0 Å². The van der Waals surface area contributed by atoms with E-state index in [0.29, 0.717) is 5.15 Å². The topological polar surface area (TPSA) is 39.5 Å². The van der Waals surface area contributed by atoms with Gasteiger partial charge in [0.25, 0.3) is 0 Å². The molecular formula is C21H20ClN3O2. The molecule has 0 N–H and O–H groups in total. The molecule has 4 aromatic rings. The maximum atomic E-state index is 6.53. The molecule has 0 saturated heterocycles. The summed E-state index contributed by atoms with van der Waals surface area (Å²) in [6.45, 7) is 2.17. The Morgan fingerprint density at radius 2 is 1.81 bits per heavy atom. The predicted octanol–water partition coefficient (Wildman–Crippen LogP) is 4.68. The van der Waals surface area contributed by atoms with Gasteiger partial charge in [-0.15, -0.1) is 0 Å². The van der Waals surface area contributed by atoms with Crippen molar-refractivity contribution in [2.75, 3.05) is 27.4 Å². The van der Waals surface area contributed by atoms with Gasteiger partial charge in [-0.3, -0.25) is 0 Å². The number of pyridine rings is 1. The number of nitrogens with zero attached hydrogens (tertiary/aromatic N) is 3. The van der Waals surface area contributed by atoms with Crippen molar-refractivity contribution in [2.45, 2.75) is 13.0 Å². The molecule has 0 radical (unpaired) electrons. The van der Waals surface area contributed by atoms with Crippen LogP contribution in [0.25, 0.3) is 32.7 Å². The van der Waals surface area contributed by atoms with Crippen LogP contribution in [-0.4, -0.2) is 41.9 Å². The Balaban J connectivity index is 1.84. The second kappa shape index (κ2) is 6.29. The smallest absolute Gasteiger partial charge is 0.231 e. The highest BCUT2D eigenvalue weighted by atomic mass is 35.5. The van der Waals surface area contributed by atoms with Crippen molar-refractivity contribution in [1.29, 1.82) is 0 Å². The van der Waals surface area contributed by atoms with Crippen molar-refractivity contribution in [3.63, 3.8) is 0 Å². The minimum absolute atomic E-state index is 0.262. The van der Waals surface area contributed by atoms with E-state index < -0.39 is 0 Å². The average molecular weight is 382 g/mol. The largest absolute Gasteiger partial charge is 0.454 e. The Bertz CT molecular complexity index is 1180. The van der Waals surface area contributed by atoms with Gasteiger partial charge >= 0.3 is 0 Å². The van der Waals surface area contributed by atoms with Gasteiger partial charge in [-0.05, 0) is 33.1 Å². The molecule has 0 aliphatic carbocycles. The van der Waals surface area contributed by atoms with Gasteiger partial charge in [0.05, 0.1) is 16.6 Å². The second-order valence-electron chi connectivity index (χ2n) is 7.18. The van der Waals surface area contributed by atoms with Crippen LogP contribution in [0.15, 0.2) is 36.4 Å². The Hall–Kier alpha value is -2.50. The summed E-state index contributed by atoms with van der Waals surface area (Å²) in [5.74, 6) is 1.55. The highest BCUT2D eigenvalue weighted by Crippen LogP contribution is 2.42. The van der Waals surface area contributed by atoms with E-state index in [2.05, 4.69) is 35.7 Å². The first kappa shape index (κ1) is 16.7. The zero-order chi connectivity index (χ0) is 18.5. The van der Waals surface area contributed by atoms with E-state index in [4.69, 9.17) is 26.1 Å². The van der Waals surface area contributed by atoms with Crippen LogP contribution < -0.4 is 9.47 Å². The van der Waals surface area contributed by atoms with Gasteiger partial charge in [0.1, 0.15) is 5.15 Å². The summed E-state index contributed by atoms with van der Waals surface area (Å²) in [5, 5.41) is 3.67. The van der Waals surface area contributed by atoms with Crippen molar-refractivity contribution < 1.29 is 9.47 Å². The fourth-order valence-corrected chi connectivity index (χ4v) is 4.16. The minimum atomic E-state index is 0.262. The van der Waals surface area contributed by atoms with Crippen LogP contribution >= 0.6 is 11.6 Å². The number of hydrogen-bond acceptors (Lipinski definition) is 4. The highest BCUT2D eigenvalue weighted by Gasteiger charge is 2.22. The van der Waals surface area contributed by atoms with Gasteiger partial charge in [-0.1, -0.05) is 35.9 Å². The van der Waals surface area contributed by atoms with Gasteiger partial charge < -0.3 is 18.9 Å². The van der Waals surface area contributed by atoms with E-state index in [9.17, 15) is 0 Å². The lowest BCUT2D eigenvalue weighted by molar-refractivity contribution is 0.174. The Kier molecular flexibility index (Phi) is 3.88. The number of aryl methyl sites for hydroxylation is 1. The molecule has 0 saturated carbocycles. The number of hydrogen-bond donors (Lipinski definition) is 0. The molecule has 138 valence electrons. The minimum Gasteiger partial charge on any atom is -0.454 e. The van der Waals surface area contributed by atoms with Gasteiger partial charge in [0.2, 0.25) is 6.79 Å². The molecule has 3 heterocycles. The molecule has 0 spiro atoms. The number of halogens is 1. The monoisotopic (exact) mass is 381 g/mol. The molecule has 27 heavy (non-hydrogen) atoms. The molecule has 1 aliphatic rings. The van der Waals surface area contributed by atoms with Crippen molar-refractivity contribution in [3.05, 3.63) is 41.6 Å². The lowest BCUT2D eigenvalue weighted by Crippen LogP contribution is -2.15. The fraction of sp³-hybridized carbons (Fsp3) is 0.286. The summed E-state index contributed by atoms with van der Waals surface area (Å²) < 4.78 is 13.6. The van der Waals surface area contributed by atoms with E-state index in [-0.39, 0.29) is 6.79 Å². The predicted molar refractivity (Wildman–Crippen MR) is 109 cm³/mol. The molecular weight excluding hydrogens is 362 g/mol. The lowest BCUT2D eigenvalue weighted by Gasteiger charge is -2.12. The Morgan fingerprint density at radius 1 is 1.07 bits per heavy atom. The first-order valence-electron chi connectivity index (χ1n) is 9.08. The SMILES string of the molecule is CN(C)CCCn1c2cc3c(cc2c2nc(Cl)c4ccccc4c21)OCO3. The van der Waals surface area contributed by atoms with Crippen molar-refractivity contribution in [1.82, 2.24) is 14.5 Å². The molecule has 5 nitrogen and oxygen atoms in total. The summed E-state index contributed by atoms with van der Waals surface area (Å²) in [6, 6.07) is 12.3. The first-order valence-corrected chi connectivity index (χ1v) is 9.46. The van der Waals surface area contributed by atoms with Crippen LogP contribution in [0.1, 0.15) is 6.42 Å². The zero-order valence-corrected chi connectivity index (χ0v) is 16.1. The molecule has 0 atom stereocenters. The molecule has 0 unspecified atom stereocenters. The van der Waals surface area contributed by atoms with Crippen LogP contribution in [-0.2, 0) is 6.54 Å². The third-order valence-electron chi connectivity index (χ3n) is 5.13. The molecule has 2 aromatic carbocycles. The first-order chi connectivity index (χ1) is 13.1. The van der Waals surface area contributed by atoms with Crippen LogP contribution in [0, 0.1) is 0 Å². The lowest BCUT2D eigenvalue weighted by atomic mass is 10.1. The Morgan fingerprint density at radius 3 is 2.59 bits per heavy atom. The van der Waals surface area contributed by atoms with Gasteiger partial charge in [0.15, 0.2) is 11.5 Å². The fourth-order valence-electron chi connectivity index (χ4n) is 3.91. The summed E-state index contributed by atoms with van der Waals surface area (Å²) in [7, 11) is 4.20. The molecule has 0 amide bonds. The van der Waals surface area contributed by atoms with Crippen LogP contribution in [0.2, 0.25) is 5.15 Å². The van der Waals surface area contributed by atoms with Gasteiger partial charge in [-0.25, -0.2) is 4.98 Å². The number of fused-ring (bicyclic) bond motifs is 6. The summed E-state index contributed by atoms with van der Waals surface area (Å²) >= 11 is 6.53. The normalized spacial score (nSPS) is 13.5. The van der Waals surface area contributed by atoms with E-state index >= 15 is 0 Å². The standard InChI is InChI=1S/C21H20ClN3O2/c1-24(2)8-5-9-25-16-11-18-17(26-12-27-18)10-15(16)19-20(25)13-6-3-4-7-14(13)21(22)23-19/h3-4,6-7,10-11H,5,8-9,12H2,1-2H3. The van der Waals surface area contributed by atoms with E-state index in [1.165, 1.54) is 0 Å².